The Morgan fingerprint density at radius 2 is 1.91 bits per heavy atom. The van der Waals surface area contributed by atoms with Crippen molar-refractivity contribution in [2.45, 2.75) is 18.5 Å². The molecule has 3 heterocycles. The summed E-state index contributed by atoms with van der Waals surface area (Å²) in [7, 11) is 0. The summed E-state index contributed by atoms with van der Waals surface area (Å²) in [6.07, 6.45) is 4.83. The molecule has 1 atom stereocenters. The van der Waals surface area contributed by atoms with Crippen LogP contribution >= 0.6 is 0 Å². The summed E-state index contributed by atoms with van der Waals surface area (Å²) in [5.74, 6) is 0. The summed E-state index contributed by atoms with van der Waals surface area (Å²) in [5, 5.41) is 4.26. The molecule has 2 aromatic rings. The second-order valence-corrected chi connectivity index (χ2v) is 6.12. The van der Waals surface area contributed by atoms with Gasteiger partial charge in [-0.15, -0.1) is 0 Å². The van der Waals surface area contributed by atoms with E-state index in [1.165, 1.54) is 5.56 Å². The molecule has 0 saturated carbocycles. The van der Waals surface area contributed by atoms with Crippen LogP contribution in [0, 0.1) is 0 Å². The molecule has 0 bridgehead atoms. The van der Waals surface area contributed by atoms with Crippen molar-refractivity contribution in [2.24, 2.45) is 0 Å². The molecule has 0 amide bonds. The number of ether oxygens (including phenoxy) is 2. The van der Waals surface area contributed by atoms with Gasteiger partial charge in [0.25, 0.3) is 0 Å². The molecule has 2 aliphatic rings. The van der Waals surface area contributed by atoms with E-state index in [1.807, 2.05) is 16.9 Å². The SMILES string of the molecule is c1cnn(-c2ccc(CN3CCOCC34CCOC4)cc2)c1. The second kappa shape index (κ2) is 5.83. The molecule has 0 N–H and O–H groups in total. The standard InChI is InChI=1S/C17H21N3O2/c1-7-18-20(8-1)16-4-2-15(3-5-16)12-19-9-11-22-14-17(19)6-10-21-13-17/h1-5,7-8H,6,9-14H2. The minimum Gasteiger partial charge on any atom is -0.379 e. The summed E-state index contributed by atoms with van der Waals surface area (Å²) in [6.45, 7) is 5.17. The molecule has 5 nitrogen and oxygen atoms in total. The van der Waals surface area contributed by atoms with Crippen LogP contribution in [0.4, 0.5) is 0 Å². The van der Waals surface area contributed by atoms with E-state index < -0.39 is 0 Å². The van der Waals surface area contributed by atoms with E-state index in [-0.39, 0.29) is 5.54 Å². The Hall–Kier alpha value is -1.69. The maximum absolute atomic E-state index is 5.71. The Morgan fingerprint density at radius 1 is 1.09 bits per heavy atom. The number of nitrogens with zero attached hydrogens (tertiary/aromatic N) is 3. The number of hydrogen-bond donors (Lipinski definition) is 0. The largest absolute Gasteiger partial charge is 0.379 e. The van der Waals surface area contributed by atoms with Crippen LogP contribution in [-0.4, -0.2) is 53.2 Å². The fourth-order valence-electron chi connectivity index (χ4n) is 3.37. The molecule has 4 rings (SSSR count). The van der Waals surface area contributed by atoms with E-state index in [2.05, 4.69) is 34.3 Å². The van der Waals surface area contributed by atoms with Crippen LogP contribution in [0.1, 0.15) is 12.0 Å². The fraction of sp³-hybridized carbons (Fsp3) is 0.471. The smallest absolute Gasteiger partial charge is 0.0704 e. The van der Waals surface area contributed by atoms with Gasteiger partial charge in [0.2, 0.25) is 0 Å². The van der Waals surface area contributed by atoms with Crippen LogP contribution in [0.3, 0.4) is 0 Å². The molecule has 1 aromatic carbocycles. The zero-order valence-electron chi connectivity index (χ0n) is 12.6. The Labute approximate surface area is 130 Å². The van der Waals surface area contributed by atoms with Gasteiger partial charge in [-0.3, -0.25) is 4.90 Å². The highest BCUT2D eigenvalue weighted by molar-refractivity contribution is 5.33. The number of benzene rings is 1. The van der Waals surface area contributed by atoms with Crippen molar-refractivity contribution in [3.05, 3.63) is 48.3 Å². The summed E-state index contributed by atoms with van der Waals surface area (Å²) in [5.41, 5.74) is 2.50. The third-order valence-electron chi connectivity index (χ3n) is 4.71. The molecular formula is C17H21N3O2. The van der Waals surface area contributed by atoms with Gasteiger partial charge in [0.05, 0.1) is 31.0 Å². The van der Waals surface area contributed by atoms with Crippen molar-refractivity contribution in [3.8, 4) is 5.69 Å². The molecule has 2 fully saturated rings. The number of hydrogen-bond acceptors (Lipinski definition) is 4. The molecule has 0 radical (unpaired) electrons. The van der Waals surface area contributed by atoms with Crippen LogP contribution in [0.25, 0.3) is 5.69 Å². The quantitative estimate of drug-likeness (QED) is 0.867. The Kier molecular flexibility index (Phi) is 3.70. The molecule has 1 spiro atoms. The topological polar surface area (TPSA) is 39.5 Å². The zero-order chi connectivity index (χ0) is 14.8. The van der Waals surface area contributed by atoms with Gasteiger partial charge in [-0.1, -0.05) is 12.1 Å². The van der Waals surface area contributed by atoms with Crippen LogP contribution in [0.2, 0.25) is 0 Å². The van der Waals surface area contributed by atoms with Crippen LogP contribution in [-0.2, 0) is 16.0 Å². The number of aromatic nitrogens is 2. The van der Waals surface area contributed by atoms with Gasteiger partial charge in [0.15, 0.2) is 0 Å². The third-order valence-corrected chi connectivity index (χ3v) is 4.71. The van der Waals surface area contributed by atoms with Crippen molar-refractivity contribution in [2.75, 3.05) is 33.0 Å². The highest BCUT2D eigenvalue weighted by Crippen LogP contribution is 2.30. The van der Waals surface area contributed by atoms with E-state index in [1.54, 1.807) is 6.20 Å². The minimum atomic E-state index is 0.0822. The van der Waals surface area contributed by atoms with Gasteiger partial charge >= 0.3 is 0 Å². The number of rotatable bonds is 3. The van der Waals surface area contributed by atoms with Crippen molar-refractivity contribution in [3.63, 3.8) is 0 Å². The van der Waals surface area contributed by atoms with Gasteiger partial charge in [0, 0.05) is 32.1 Å². The average Bonchev–Trinajstić information content (AvgIpc) is 3.23. The maximum Gasteiger partial charge on any atom is 0.0704 e. The van der Waals surface area contributed by atoms with Crippen molar-refractivity contribution in [1.29, 1.82) is 0 Å². The summed E-state index contributed by atoms with van der Waals surface area (Å²) >= 11 is 0. The van der Waals surface area contributed by atoms with Gasteiger partial charge in [-0.2, -0.15) is 5.10 Å². The van der Waals surface area contributed by atoms with Gasteiger partial charge in [0.1, 0.15) is 0 Å². The highest BCUT2D eigenvalue weighted by atomic mass is 16.5. The summed E-state index contributed by atoms with van der Waals surface area (Å²) in [6, 6.07) is 10.6. The molecule has 116 valence electrons. The third kappa shape index (κ3) is 2.56. The lowest BCUT2D eigenvalue weighted by Gasteiger charge is -2.43. The first kappa shape index (κ1) is 13.9. The summed E-state index contributed by atoms with van der Waals surface area (Å²) in [4.78, 5) is 2.53. The van der Waals surface area contributed by atoms with Crippen LogP contribution < -0.4 is 0 Å². The average molecular weight is 299 g/mol. The van der Waals surface area contributed by atoms with Gasteiger partial charge in [-0.25, -0.2) is 4.68 Å². The molecule has 22 heavy (non-hydrogen) atoms. The van der Waals surface area contributed by atoms with Crippen LogP contribution in [0.15, 0.2) is 42.7 Å². The molecular weight excluding hydrogens is 278 g/mol. The first-order chi connectivity index (χ1) is 10.9. The highest BCUT2D eigenvalue weighted by Gasteiger charge is 2.42. The van der Waals surface area contributed by atoms with E-state index in [0.29, 0.717) is 0 Å². The first-order valence-corrected chi connectivity index (χ1v) is 7.85. The Bertz CT molecular complexity index is 603. The fourth-order valence-corrected chi connectivity index (χ4v) is 3.37. The molecule has 1 unspecified atom stereocenters. The maximum atomic E-state index is 5.71. The van der Waals surface area contributed by atoms with Gasteiger partial charge in [-0.05, 0) is 30.2 Å². The summed E-state index contributed by atoms with van der Waals surface area (Å²) < 4.78 is 13.2. The number of morpholine rings is 1. The minimum absolute atomic E-state index is 0.0822. The zero-order valence-corrected chi connectivity index (χ0v) is 12.6. The molecule has 0 aliphatic carbocycles. The normalized spacial score (nSPS) is 25.8. The Morgan fingerprint density at radius 3 is 2.64 bits per heavy atom. The molecule has 1 aromatic heterocycles. The van der Waals surface area contributed by atoms with E-state index in [9.17, 15) is 0 Å². The first-order valence-electron chi connectivity index (χ1n) is 7.85. The van der Waals surface area contributed by atoms with Crippen molar-refractivity contribution in [1.82, 2.24) is 14.7 Å². The lowest BCUT2D eigenvalue weighted by Crippen LogP contribution is -2.56. The lowest BCUT2D eigenvalue weighted by molar-refractivity contribution is -0.0749. The predicted molar refractivity (Wildman–Crippen MR) is 83.0 cm³/mol. The molecule has 5 heteroatoms. The van der Waals surface area contributed by atoms with Crippen LogP contribution in [0.5, 0.6) is 0 Å². The molecule has 2 saturated heterocycles. The van der Waals surface area contributed by atoms with Crippen molar-refractivity contribution >= 4 is 0 Å². The van der Waals surface area contributed by atoms with Crippen molar-refractivity contribution < 1.29 is 9.47 Å². The monoisotopic (exact) mass is 299 g/mol. The van der Waals surface area contributed by atoms with Gasteiger partial charge < -0.3 is 9.47 Å². The van der Waals surface area contributed by atoms with E-state index in [0.717, 1.165) is 51.6 Å². The predicted octanol–water partition coefficient (Wildman–Crippen LogP) is 1.86. The van der Waals surface area contributed by atoms with E-state index in [4.69, 9.17) is 9.47 Å². The Balaban J connectivity index is 1.50. The lowest BCUT2D eigenvalue weighted by atomic mass is 9.95. The van der Waals surface area contributed by atoms with E-state index >= 15 is 0 Å². The second-order valence-electron chi connectivity index (χ2n) is 6.12. The molecule has 2 aliphatic heterocycles.